The smallest absolute Gasteiger partial charge is 0.315 e. The summed E-state index contributed by atoms with van der Waals surface area (Å²) in [5.41, 5.74) is -0.0406. The van der Waals surface area contributed by atoms with E-state index in [9.17, 15) is 15.0 Å². The maximum atomic E-state index is 11.0. The fourth-order valence-corrected chi connectivity index (χ4v) is 2.38. The lowest BCUT2D eigenvalue weighted by molar-refractivity contribution is -0.141. The molecule has 0 aromatic heterocycles. The van der Waals surface area contributed by atoms with Crippen LogP contribution < -0.4 is 0 Å². The van der Waals surface area contributed by atoms with E-state index in [2.05, 4.69) is 35.2 Å². The zero-order valence-electron chi connectivity index (χ0n) is 11.5. The molecule has 1 aromatic rings. The van der Waals surface area contributed by atoms with Crippen molar-refractivity contribution in [3.63, 3.8) is 0 Å². The molecule has 112 valence electrons. The molecule has 0 aliphatic carbocycles. The summed E-state index contributed by atoms with van der Waals surface area (Å²) < 4.78 is 5.91. The van der Waals surface area contributed by atoms with Crippen molar-refractivity contribution >= 4 is 41.2 Å². The Morgan fingerprint density at radius 3 is 2.75 bits per heavy atom. The Morgan fingerprint density at radius 2 is 2.15 bits per heavy atom. The van der Waals surface area contributed by atoms with E-state index in [4.69, 9.17) is 4.74 Å². The molecule has 0 amide bonds. The van der Waals surface area contributed by atoms with E-state index in [0.717, 1.165) is 3.57 Å². The van der Waals surface area contributed by atoms with Gasteiger partial charge in [0.05, 0.1) is 18.5 Å². The summed E-state index contributed by atoms with van der Waals surface area (Å²) in [6.07, 6.45) is -0.356. The molecule has 1 rings (SSSR count). The standard InChI is InChI=1S/C14H19IO4S/c1-14(2,5-6-19-12(17)8-20)13(18)10-7-9(15)3-4-11(10)16/h3-4,7,13,16,18,20H,5-6,8H2,1-2H3/t13-/m0/s1. The summed E-state index contributed by atoms with van der Waals surface area (Å²) in [4.78, 5) is 11.0. The molecule has 0 saturated heterocycles. The highest BCUT2D eigenvalue weighted by Crippen LogP contribution is 2.40. The molecule has 1 atom stereocenters. The molecule has 1 aromatic carbocycles. The average Bonchev–Trinajstić information content (AvgIpc) is 2.40. The van der Waals surface area contributed by atoms with Gasteiger partial charge in [0.1, 0.15) is 5.75 Å². The van der Waals surface area contributed by atoms with Gasteiger partial charge in [0, 0.05) is 9.13 Å². The second-order valence-corrected chi connectivity index (χ2v) is 6.78. The zero-order valence-corrected chi connectivity index (χ0v) is 14.5. The Labute approximate surface area is 138 Å². The molecule has 4 nitrogen and oxygen atoms in total. The highest BCUT2D eigenvalue weighted by Gasteiger charge is 2.31. The third-order valence-electron chi connectivity index (χ3n) is 3.16. The van der Waals surface area contributed by atoms with Crippen molar-refractivity contribution in [2.24, 2.45) is 5.41 Å². The van der Waals surface area contributed by atoms with Gasteiger partial charge in [-0.2, -0.15) is 12.6 Å². The van der Waals surface area contributed by atoms with Crippen LogP contribution in [-0.2, 0) is 9.53 Å². The minimum absolute atomic E-state index is 0.0423. The second-order valence-electron chi connectivity index (χ2n) is 5.22. The van der Waals surface area contributed by atoms with Gasteiger partial charge in [-0.25, -0.2) is 0 Å². The van der Waals surface area contributed by atoms with E-state index < -0.39 is 11.5 Å². The first-order valence-corrected chi connectivity index (χ1v) is 7.92. The number of carbonyl (C=O) groups is 1. The molecule has 2 N–H and O–H groups in total. The highest BCUT2D eigenvalue weighted by atomic mass is 127. The van der Waals surface area contributed by atoms with Crippen LogP contribution in [0.1, 0.15) is 31.9 Å². The molecule has 0 unspecified atom stereocenters. The predicted octanol–water partition coefficient (Wildman–Crippen LogP) is 2.92. The highest BCUT2D eigenvalue weighted by molar-refractivity contribution is 14.1. The molecule has 0 heterocycles. The lowest BCUT2D eigenvalue weighted by Crippen LogP contribution is -2.25. The molecule has 0 spiro atoms. The van der Waals surface area contributed by atoms with Crippen LogP contribution in [0.5, 0.6) is 5.75 Å². The quantitative estimate of drug-likeness (QED) is 0.383. The molecule has 0 radical (unpaired) electrons. The number of ether oxygens (including phenoxy) is 1. The Morgan fingerprint density at radius 1 is 1.50 bits per heavy atom. The van der Waals surface area contributed by atoms with Crippen LogP contribution in [0.3, 0.4) is 0 Å². The maximum absolute atomic E-state index is 11.0. The average molecular weight is 410 g/mol. The van der Waals surface area contributed by atoms with Gasteiger partial charge in [-0.15, -0.1) is 0 Å². The topological polar surface area (TPSA) is 66.8 Å². The van der Waals surface area contributed by atoms with Crippen LogP contribution in [0.25, 0.3) is 0 Å². The van der Waals surface area contributed by atoms with Crippen molar-refractivity contribution in [1.29, 1.82) is 0 Å². The first-order valence-electron chi connectivity index (χ1n) is 6.21. The van der Waals surface area contributed by atoms with Crippen LogP contribution in [0.4, 0.5) is 0 Å². The number of benzene rings is 1. The number of thiol groups is 1. The van der Waals surface area contributed by atoms with Crippen molar-refractivity contribution < 1.29 is 19.7 Å². The van der Waals surface area contributed by atoms with Gasteiger partial charge in [-0.3, -0.25) is 4.79 Å². The van der Waals surface area contributed by atoms with Crippen molar-refractivity contribution in [3.05, 3.63) is 27.3 Å². The lowest BCUT2D eigenvalue weighted by Gasteiger charge is -2.31. The lowest BCUT2D eigenvalue weighted by atomic mass is 9.80. The number of halogens is 1. The Bertz CT molecular complexity index is 476. The van der Waals surface area contributed by atoms with Crippen LogP contribution in [0.2, 0.25) is 0 Å². The molecule has 0 aliphatic rings. The third kappa shape index (κ3) is 4.82. The van der Waals surface area contributed by atoms with Gasteiger partial charge >= 0.3 is 5.97 Å². The molecule has 0 fully saturated rings. The predicted molar refractivity (Wildman–Crippen MR) is 89.0 cm³/mol. The Hall–Kier alpha value is -0.470. The zero-order chi connectivity index (χ0) is 15.3. The van der Waals surface area contributed by atoms with Gasteiger partial charge in [0.15, 0.2) is 0 Å². The van der Waals surface area contributed by atoms with Crippen LogP contribution in [-0.4, -0.2) is 28.5 Å². The van der Waals surface area contributed by atoms with Crippen molar-refractivity contribution in [2.75, 3.05) is 12.4 Å². The minimum atomic E-state index is -0.841. The van der Waals surface area contributed by atoms with Gasteiger partial charge in [-0.05, 0) is 52.6 Å². The van der Waals surface area contributed by atoms with Crippen LogP contribution in [0, 0.1) is 8.99 Å². The third-order valence-corrected chi connectivity index (χ3v) is 4.09. The normalized spacial score (nSPS) is 13.1. The summed E-state index contributed by atoms with van der Waals surface area (Å²) in [5, 5.41) is 20.3. The van der Waals surface area contributed by atoms with Gasteiger partial charge in [-0.1, -0.05) is 13.8 Å². The number of carbonyl (C=O) groups excluding carboxylic acids is 1. The van der Waals surface area contributed by atoms with Gasteiger partial charge in [0.2, 0.25) is 0 Å². The fraction of sp³-hybridized carbons (Fsp3) is 0.500. The number of esters is 1. The molecule has 0 bridgehead atoms. The van der Waals surface area contributed by atoms with Gasteiger partial charge < -0.3 is 14.9 Å². The summed E-state index contributed by atoms with van der Waals surface area (Å²) in [6, 6.07) is 5.09. The maximum Gasteiger partial charge on any atom is 0.315 e. The number of hydrogen-bond donors (Lipinski definition) is 3. The van der Waals surface area contributed by atoms with E-state index in [1.165, 1.54) is 0 Å². The minimum Gasteiger partial charge on any atom is -0.508 e. The van der Waals surface area contributed by atoms with E-state index in [1.807, 2.05) is 13.8 Å². The molecular formula is C14H19IO4S. The number of aliphatic hydroxyl groups excluding tert-OH is 1. The summed E-state index contributed by atoms with van der Waals surface area (Å²) in [6.45, 7) is 3.95. The largest absolute Gasteiger partial charge is 0.508 e. The van der Waals surface area contributed by atoms with Crippen molar-refractivity contribution in [2.45, 2.75) is 26.4 Å². The van der Waals surface area contributed by atoms with E-state index in [-0.39, 0.29) is 24.1 Å². The fourth-order valence-electron chi connectivity index (χ4n) is 1.78. The Kier molecular flexibility index (Phi) is 6.60. The molecule has 0 saturated carbocycles. The number of phenolic OH excluding ortho intramolecular Hbond substituents is 1. The SMILES string of the molecule is CC(C)(CCOC(=O)CS)[C@@H](O)c1cc(I)ccc1O. The van der Waals surface area contributed by atoms with E-state index in [1.54, 1.807) is 18.2 Å². The first-order chi connectivity index (χ1) is 9.27. The number of phenols is 1. The molecular weight excluding hydrogens is 391 g/mol. The second kappa shape index (κ2) is 7.51. The van der Waals surface area contributed by atoms with E-state index in [0.29, 0.717) is 12.0 Å². The summed E-state index contributed by atoms with van der Waals surface area (Å²) in [5.74, 6) is -0.269. The monoisotopic (exact) mass is 410 g/mol. The molecule has 6 heteroatoms. The number of aliphatic hydroxyl groups is 1. The van der Waals surface area contributed by atoms with Crippen LogP contribution in [0.15, 0.2) is 18.2 Å². The molecule has 0 aliphatic heterocycles. The summed E-state index contributed by atoms with van der Waals surface area (Å²) in [7, 11) is 0. The summed E-state index contributed by atoms with van der Waals surface area (Å²) >= 11 is 5.95. The van der Waals surface area contributed by atoms with Gasteiger partial charge in [0.25, 0.3) is 0 Å². The van der Waals surface area contributed by atoms with E-state index >= 15 is 0 Å². The van der Waals surface area contributed by atoms with Crippen LogP contribution >= 0.6 is 35.2 Å². The molecule has 20 heavy (non-hydrogen) atoms. The Balaban J connectivity index is 2.75. The number of rotatable bonds is 6. The number of aromatic hydroxyl groups is 1. The van der Waals surface area contributed by atoms with Crippen molar-refractivity contribution in [3.8, 4) is 5.75 Å². The number of hydrogen-bond acceptors (Lipinski definition) is 5. The first kappa shape index (κ1) is 17.6. The van der Waals surface area contributed by atoms with Crippen molar-refractivity contribution in [1.82, 2.24) is 0 Å².